The predicted octanol–water partition coefficient (Wildman–Crippen LogP) is 1.98. The smallest absolute Gasteiger partial charge is 0.253 e. The lowest BCUT2D eigenvalue weighted by Crippen LogP contribution is -2.42. The number of sulfone groups is 1. The Balaban J connectivity index is 1.60. The van der Waals surface area contributed by atoms with Crippen LogP contribution in [0.5, 0.6) is 0 Å². The number of hydrogen-bond acceptors (Lipinski definition) is 8. The van der Waals surface area contributed by atoms with Crippen molar-refractivity contribution in [1.29, 1.82) is 0 Å². The Morgan fingerprint density at radius 1 is 1.03 bits per heavy atom. The zero-order valence-electron chi connectivity index (χ0n) is 19.5. The van der Waals surface area contributed by atoms with Crippen molar-refractivity contribution in [1.82, 2.24) is 30.1 Å². The van der Waals surface area contributed by atoms with E-state index >= 15 is 0 Å². The molecule has 35 heavy (non-hydrogen) atoms. The van der Waals surface area contributed by atoms with E-state index in [0.29, 0.717) is 37.7 Å². The van der Waals surface area contributed by atoms with Crippen molar-refractivity contribution in [3.05, 3.63) is 81.4 Å². The Hall–Kier alpha value is -3.41. The number of aromatic amines is 1. The second kappa shape index (κ2) is 9.33. The topological polar surface area (TPSA) is 123 Å². The molecule has 0 saturated carbocycles. The largest absolute Gasteiger partial charge is 0.379 e. The van der Waals surface area contributed by atoms with Crippen LogP contribution in [0.1, 0.15) is 28.6 Å². The third-order valence-electron chi connectivity index (χ3n) is 6.21. The lowest BCUT2D eigenvalue weighted by molar-refractivity contribution is 0.0215. The molecule has 2 aromatic heterocycles. The lowest BCUT2D eigenvalue weighted by atomic mass is 10.0. The number of H-pyrrole nitrogens is 1. The molecule has 1 fully saturated rings. The van der Waals surface area contributed by atoms with Gasteiger partial charge >= 0.3 is 0 Å². The number of rotatable bonds is 6. The SMILES string of the molecule is Cc1ccc(S(=O)(=O)Cn2nnnc2C(c2cc3cc(C)ccc3[nH]c2=O)N2CCOCC2)cc1. The molecule has 10 nitrogen and oxygen atoms in total. The average molecular weight is 495 g/mol. The second-order valence-corrected chi connectivity index (χ2v) is 10.7. The Labute approximate surface area is 202 Å². The molecule has 1 unspecified atom stereocenters. The van der Waals surface area contributed by atoms with E-state index in [-0.39, 0.29) is 10.5 Å². The summed E-state index contributed by atoms with van der Waals surface area (Å²) < 4.78 is 33.1. The number of nitrogens with one attached hydrogen (secondary N) is 1. The van der Waals surface area contributed by atoms with E-state index in [2.05, 4.69) is 25.4 Å². The van der Waals surface area contributed by atoms with E-state index < -0.39 is 21.8 Å². The molecule has 0 radical (unpaired) electrons. The zero-order chi connectivity index (χ0) is 24.6. The van der Waals surface area contributed by atoms with Gasteiger partial charge in [-0.1, -0.05) is 29.3 Å². The van der Waals surface area contributed by atoms with Gasteiger partial charge < -0.3 is 9.72 Å². The summed E-state index contributed by atoms with van der Waals surface area (Å²) in [6.45, 7) is 5.96. The number of morpholine rings is 1. The number of ether oxygens (including phenoxy) is 1. The van der Waals surface area contributed by atoms with Crippen molar-refractivity contribution in [2.24, 2.45) is 0 Å². The minimum atomic E-state index is -3.73. The molecule has 1 saturated heterocycles. The molecule has 0 bridgehead atoms. The number of aryl methyl sites for hydroxylation is 2. The second-order valence-electron chi connectivity index (χ2n) is 8.79. The van der Waals surface area contributed by atoms with Crippen LogP contribution in [0.2, 0.25) is 0 Å². The van der Waals surface area contributed by atoms with Crippen LogP contribution in [0.3, 0.4) is 0 Å². The van der Waals surface area contributed by atoms with Crippen LogP contribution in [0, 0.1) is 13.8 Å². The van der Waals surface area contributed by atoms with Crippen LogP contribution in [0.15, 0.2) is 58.2 Å². The molecule has 0 aliphatic carbocycles. The van der Waals surface area contributed by atoms with Crippen molar-refractivity contribution >= 4 is 20.7 Å². The van der Waals surface area contributed by atoms with Gasteiger partial charge in [0.15, 0.2) is 21.5 Å². The third-order valence-corrected chi connectivity index (χ3v) is 7.79. The first-order valence-corrected chi connectivity index (χ1v) is 13.0. The van der Waals surface area contributed by atoms with Gasteiger partial charge in [0.25, 0.3) is 5.56 Å². The van der Waals surface area contributed by atoms with Crippen LogP contribution >= 0.6 is 0 Å². The standard InChI is InChI=1S/C24H26N6O4S/c1-16-3-6-19(7-4-16)35(32,33)15-30-23(26-27-28-30)22(29-9-11-34-12-10-29)20-14-18-13-17(2)5-8-21(18)25-24(20)31/h3-8,13-14,22H,9-12,15H2,1-2H3,(H,25,31). The van der Waals surface area contributed by atoms with Gasteiger partial charge in [0.2, 0.25) is 0 Å². The molecule has 0 amide bonds. The van der Waals surface area contributed by atoms with E-state index in [1.165, 1.54) is 4.68 Å². The molecule has 1 atom stereocenters. The first-order chi connectivity index (χ1) is 16.8. The van der Waals surface area contributed by atoms with Crippen LogP contribution in [-0.4, -0.2) is 64.8 Å². The maximum absolute atomic E-state index is 13.2. The molecule has 5 rings (SSSR count). The number of aromatic nitrogens is 5. The summed E-state index contributed by atoms with van der Waals surface area (Å²) in [5.74, 6) is -0.149. The maximum atomic E-state index is 13.2. The Kier molecular flexibility index (Phi) is 6.22. The third kappa shape index (κ3) is 4.75. The van der Waals surface area contributed by atoms with Crippen LogP contribution < -0.4 is 5.56 Å². The molecule has 2 aromatic carbocycles. The molecule has 11 heteroatoms. The molecule has 4 aromatic rings. The highest BCUT2D eigenvalue weighted by Crippen LogP contribution is 2.28. The van der Waals surface area contributed by atoms with Gasteiger partial charge in [-0.15, -0.1) is 5.10 Å². The highest BCUT2D eigenvalue weighted by molar-refractivity contribution is 7.90. The zero-order valence-corrected chi connectivity index (χ0v) is 20.3. The van der Waals surface area contributed by atoms with Crippen LogP contribution in [0.25, 0.3) is 10.9 Å². The van der Waals surface area contributed by atoms with E-state index in [0.717, 1.165) is 22.0 Å². The summed E-state index contributed by atoms with van der Waals surface area (Å²) in [4.78, 5) is 18.4. The molecule has 3 heterocycles. The number of benzene rings is 2. The van der Waals surface area contributed by atoms with Crippen molar-refractivity contribution in [2.75, 3.05) is 26.3 Å². The fourth-order valence-electron chi connectivity index (χ4n) is 4.36. The lowest BCUT2D eigenvalue weighted by Gasteiger charge is -2.33. The highest BCUT2D eigenvalue weighted by Gasteiger charge is 2.32. The Morgan fingerprint density at radius 2 is 1.74 bits per heavy atom. The molecule has 1 aliphatic heterocycles. The normalized spacial score (nSPS) is 15.9. The first kappa shape index (κ1) is 23.3. The number of hydrogen-bond donors (Lipinski definition) is 1. The van der Waals surface area contributed by atoms with Crippen molar-refractivity contribution in [3.8, 4) is 0 Å². The molecule has 1 aliphatic rings. The number of fused-ring (bicyclic) bond motifs is 1. The molecular formula is C24H26N6O4S. The van der Waals surface area contributed by atoms with Gasteiger partial charge in [0, 0.05) is 24.2 Å². The summed E-state index contributed by atoms with van der Waals surface area (Å²) in [6.07, 6.45) is 0. The summed E-state index contributed by atoms with van der Waals surface area (Å²) in [5.41, 5.74) is 2.94. The van der Waals surface area contributed by atoms with Crippen LogP contribution in [-0.2, 0) is 20.5 Å². The first-order valence-electron chi connectivity index (χ1n) is 11.3. The maximum Gasteiger partial charge on any atom is 0.253 e. The Bertz CT molecular complexity index is 1520. The fourth-order valence-corrected chi connectivity index (χ4v) is 5.57. The minimum absolute atomic E-state index is 0.187. The molecule has 0 spiro atoms. The Morgan fingerprint density at radius 3 is 2.49 bits per heavy atom. The van der Waals surface area contributed by atoms with Gasteiger partial charge in [0.05, 0.1) is 18.1 Å². The van der Waals surface area contributed by atoms with Gasteiger partial charge in [-0.05, 0) is 60.0 Å². The van der Waals surface area contributed by atoms with Gasteiger partial charge in [-0.3, -0.25) is 9.69 Å². The van der Waals surface area contributed by atoms with Crippen molar-refractivity contribution in [2.45, 2.75) is 30.7 Å². The van der Waals surface area contributed by atoms with E-state index in [9.17, 15) is 13.2 Å². The molecule has 182 valence electrons. The summed E-state index contributed by atoms with van der Waals surface area (Å²) >= 11 is 0. The summed E-state index contributed by atoms with van der Waals surface area (Å²) in [7, 11) is -3.73. The molecule has 1 N–H and O–H groups in total. The van der Waals surface area contributed by atoms with Gasteiger partial charge in [-0.25, -0.2) is 13.1 Å². The monoisotopic (exact) mass is 494 g/mol. The number of pyridine rings is 1. The quantitative estimate of drug-likeness (QED) is 0.432. The highest BCUT2D eigenvalue weighted by atomic mass is 32.2. The summed E-state index contributed by atoms with van der Waals surface area (Å²) in [6, 6.07) is 13.7. The van der Waals surface area contributed by atoms with E-state index in [1.54, 1.807) is 24.3 Å². The average Bonchev–Trinajstić information content (AvgIpc) is 3.27. The predicted molar refractivity (Wildman–Crippen MR) is 130 cm³/mol. The molecular weight excluding hydrogens is 468 g/mol. The van der Waals surface area contributed by atoms with Crippen molar-refractivity contribution < 1.29 is 13.2 Å². The number of nitrogens with zero attached hydrogens (tertiary/aromatic N) is 5. The van der Waals surface area contributed by atoms with E-state index in [4.69, 9.17) is 4.74 Å². The van der Waals surface area contributed by atoms with E-state index in [1.807, 2.05) is 38.1 Å². The fraction of sp³-hybridized carbons (Fsp3) is 0.333. The van der Waals surface area contributed by atoms with Crippen LogP contribution in [0.4, 0.5) is 0 Å². The number of tetrazole rings is 1. The minimum Gasteiger partial charge on any atom is -0.379 e. The van der Waals surface area contributed by atoms with Gasteiger partial charge in [-0.2, -0.15) is 0 Å². The summed E-state index contributed by atoms with van der Waals surface area (Å²) in [5, 5.41) is 12.9. The van der Waals surface area contributed by atoms with Gasteiger partial charge in [0.1, 0.15) is 6.04 Å². The van der Waals surface area contributed by atoms with Crippen molar-refractivity contribution in [3.63, 3.8) is 0 Å².